The van der Waals surface area contributed by atoms with Crippen molar-refractivity contribution < 1.29 is 59.0 Å². The van der Waals surface area contributed by atoms with Gasteiger partial charge in [-0.1, -0.05) is 134 Å². The van der Waals surface area contributed by atoms with Crippen molar-refractivity contribution in [2.45, 2.75) is 210 Å². The maximum Gasteiger partial charge on any atom is 0.472 e. The summed E-state index contributed by atoms with van der Waals surface area (Å²) in [5.74, 6) is -0.613. The third kappa shape index (κ3) is 24.1. The molecule has 0 radical (unpaired) electrons. The SMILES string of the molecule is CCCC/C=C/CC/C=C/C(O)C(COP(=O)(O)OC1C(O)C(O)C(O)C(O)C1O)NC(=O)CC(O)CCCCCCC/C=C\CCCCCCCCCC. The van der Waals surface area contributed by atoms with Crippen molar-refractivity contribution in [1.29, 1.82) is 0 Å². The van der Waals surface area contributed by atoms with Gasteiger partial charge in [-0.2, -0.15) is 0 Å². The Balaban J connectivity index is 2.53. The second kappa shape index (κ2) is 31.5. The number of hydrogen-bond donors (Lipinski definition) is 9. The fourth-order valence-electron chi connectivity index (χ4n) is 6.41. The number of aliphatic hydroxyl groups is 7. The summed E-state index contributed by atoms with van der Waals surface area (Å²) in [5.41, 5.74) is 0. The molecule has 13 nitrogen and oxygen atoms in total. The Morgan fingerprint density at radius 3 is 1.65 bits per heavy atom. The lowest BCUT2D eigenvalue weighted by molar-refractivity contribution is -0.220. The Bertz CT molecular complexity index is 1090. The molecule has 1 amide bonds. The maximum atomic E-state index is 12.9. The first kappa shape index (κ1) is 51.5. The predicted molar refractivity (Wildman–Crippen MR) is 215 cm³/mol. The smallest absolute Gasteiger partial charge is 0.393 e. The summed E-state index contributed by atoms with van der Waals surface area (Å²) in [5, 5.41) is 74.0. The Labute approximate surface area is 330 Å². The third-order valence-corrected chi connectivity index (χ3v) is 10.9. The van der Waals surface area contributed by atoms with Crippen LogP contribution in [0.1, 0.15) is 155 Å². The normalized spacial score (nSPS) is 24.8. The average molecular weight is 806 g/mol. The Hall–Kier alpha value is -1.48. The number of phosphoric ester groups is 1. The van der Waals surface area contributed by atoms with Gasteiger partial charge < -0.3 is 46.0 Å². The highest BCUT2D eigenvalue weighted by molar-refractivity contribution is 7.47. The molecule has 8 atom stereocenters. The number of amides is 1. The molecule has 14 heteroatoms. The van der Waals surface area contributed by atoms with E-state index in [-0.39, 0.29) is 6.42 Å². The summed E-state index contributed by atoms with van der Waals surface area (Å²) in [4.78, 5) is 23.3. The zero-order chi connectivity index (χ0) is 40.9. The highest BCUT2D eigenvalue weighted by atomic mass is 31.2. The molecular formula is C41H76NO12P. The van der Waals surface area contributed by atoms with E-state index in [1.54, 1.807) is 6.08 Å². The Morgan fingerprint density at radius 2 is 1.09 bits per heavy atom. The van der Waals surface area contributed by atoms with Crippen molar-refractivity contribution in [3.8, 4) is 0 Å². The van der Waals surface area contributed by atoms with Crippen molar-refractivity contribution in [3.63, 3.8) is 0 Å². The van der Waals surface area contributed by atoms with Crippen LogP contribution in [0.25, 0.3) is 0 Å². The molecule has 0 aromatic heterocycles. The number of carbonyl (C=O) groups excluding carboxylic acids is 1. The van der Waals surface area contributed by atoms with Gasteiger partial charge in [-0.05, 0) is 51.4 Å². The minimum atomic E-state index is -5.14. The molecule has 1 rings (SSSR count). The number of unbranched alkanes of at least 4 members (excludes halogenated alkanes) is 16. The monoisotopic (exact) mass is 806 g/mol. The number of phosphoric acid groups is 1. The predicted octanol–water partition coefficient (Wildman–Crippen LogP) is 5.80. The topological polar surface area (TPSA) is 226 Å². The Kier molecular flexibility index (Phi) is 29.5. The summed E-state index contributed by atoms with van der Waals surface area (Å²) >= 11 is 0. The summed E-state index contributed by atoms with van der Waals surface area (Å²) < 4.78 is 22.7. The largest absolute Gasteiger partial charge is 0.472 e. The zero-order valence-corrected chi connectivity index (χ0v) is 34.5. The minimum absolute atomic E-state index is 0.259. The molecule has 0 saturated heterocycles. The minimum Gasteiger partial charge on any atom is -0.393 e. The third-order valence-electron chi connectivity index (χ3n) is 9.95. The van der Waals surface area contributed by atoms with Gasteiger partial charge in [0, 0.05) is 0 Å². The van der Waals surface area contributed by atoms with E-state index < -0.39 is 75.2 Å². The lowest BCUT2D eigenvalue weighted by Crippen LogP contribution is -2.64. The molecule has 1 aliphatic rings. The van der Waals surface area contributed by atoms with Crippen LogP contribution in [0.15, 0.2) is 36.5 Å². The lowest BCUT2D eigenvalue weighted by atomic mass is 9.85. The number of allylic oxidation sites excluding steroid dienone is 5. The van der Waals surface area contributed by atoms with Crippen LogP contribution >= 0.6 is 7.82 Å². The fraction of sp³-hybridized carbons (Fsp3) is 0.829. The molecule has 0 aromatic rings. The first-order chi connectivity index (χ1) is 26.3. The summed E-state index contributed by atoms with van der Waals surface area (Å²) in [7, 11) is -5.14. The number of carbonyl (C=O) groups is 1. The van der Waals surface area contributed by atoms with Crippen LogP contribution in [-0.2, 0) is 18.4 Å². The molecule has 1 fully saturated rings. The van der Waals surface area contributed by atoms with E-state index in [4.69, 9.17) is 9.05 Å². The molecule has 9 N–H and O–H groups in total. The molecule has 8 unspecified atom stereocenters. The highest BCUT2D eigenvalue weighted by Gasteiger charge is 2.51. The van der Waals surface area contributed by atoms with Crippen molar-refractivity contribution >= 4 is 13.7 Å². The van der Waals surface area contributed by atoms with E-state index in [0.29, 0.717) is 12.8 Å². The van der Waals surface area contributed by atoms with Gasteiger partial charge in [-0.3, -0.25) is 13.8 Å². The fourth-order valence-corrected chi connectivity index (χ4v) is 7.38. The molecule has 55 heavy (non-hydrogen) atoms. The highest BCUT2D eigenvalue weighted by Crippen LogP contribution is 2.47. The van der Waals surface area contributed by atoms with Crippen LogP contribution in [0.3, 0.4) is 0 Å². The molecule has 0 heterocycles. The molecule has 1 saturated carbocycles. The number of nitrogens with one attached hydrogen (secondary N) is 1. The van der Waals surface area contributed by atoms with E-state index in [9.17, 15) is 50.0 Å². The van der Waals surface area contributed by atoms with E-state index in [0.717, 1.165) is 70.6 Å². The molecule has 322 valence electrons. The van der Waals surface area contributed by atoms with Crippen LogP contribution in [0, 0.1) is 0 Å². The van der Waals surface area contributed by atoms with Gasteiger partial charge in [0.15, 0.2) is 0 Å². The molecule has 0 bridgehead atoms. The van der Waals surface area contributed by atoms with Crippen LogP contribution in [-0.4, -0.2) is 108 Å². The quantitative estimate of drug-likeness (QED) is 0.0218. The number of rotatable bonds is 33. The van der Waals surface area contributed by atoms with Gasteiger partial charge in [0.05, 0.1) is 31.3 Å². The van der Waals surface area contributed by atoms with Gasteiger partial charge in [-0.25, -0.2) is 4.57 Å². The van der Waals surface area contributed by atoms with E-state index in [2.05, 4.69) is 37.4 Å². The van der Waals surface area contributed by atoms with Gasteiger partial charge in [-0.15, -0.1) is 0 Å². The van der Waals surface area contributed by atoms with Gasteiger partial charge in [0.1, 0.15) is 36.6 Å². The van der Waals surface area contributed by atoms with E-state index in [1.165, 1.54) is 57.4 Å². The summed E-state index contributed by atoms with van der Waals surface area (Å²) in [6, 6.07) is -1.26. The van der Waals surface area contributed by atoms with Crippen LogP contribution in [0.5, 0.6) is 0 Å². The molecule has 0 aromatic carbocycles. The van der Waals surface area contributed by atoms with Crippen LogP contribution in [0.4, 0.5) is 0 Å². The number of aliphatic hydroxyl groups excluding tert-OH is 7. The van der Waals surface area contributed by atoms with Gasteiger partial charge in [0.2, 0.25) is 5.91 Å². The summed E-state index contributed by atoms with van der Waals surface area (Å²) in [6.45, 7) is 3.61. The second-order valence-corrected chi connectivity index (χ2v) is 16.4. The summed E-state index contributed by atoms with van der Waals surface area (Å²) in [6.07, 6.45) is 20.0. The van der Waals surface area contributed by atoms with Gasteiger partial charge in [0.25, 0.3) is 0 Å². The maximum absolute atomic E-state index is 12.9. The van der Waals surface area contributed by atoms with Crippen molar-refractivity contribution in [1.82, 2.24) is 5.32 Å². The van der Waals surface area contributed by atoms with Crippen LogP contribution in [0.2, 0.25) is 0 Å². The van der Waals surface area contributed by atoms with E-state index >= 15 is 0 Å². The molecule has 0 aliphatic heterocycles. The van der Waals surface area contributed by atoms with Gasteiger partial charge >= 0.3 is 7.82 Å². The first-order valence-corrected chi connectivity index (χ1v) is 22.5. The van der Waals surface area contributed by atoms with Crippen molar-refractivity contribution in [2.75, 3.05) is 6.61 Å². The zero-order valence-electron chi connectivity index (χ0n) is 33.6. The lowest BCUT2D eigenvalue weighted by Gasteiger charge is -2.41. The Morgan fingerprint density at radius 1 is 0.636 bits per heavy atom. The standard InChI is InChI=1S/C41H76NO12P/c1-3-5-7-9-11-13-14-15-16-17-18-19-20-21-22-24-26-28-32(43)30-35(45)42-33(34(44)29-27-25-23-12-10-8-6-4-2)31-53-55(51,52)54-41-39(49)37(47)36(46)38(48)40(41)50/h10,12,17-18,27,29,32-34,36-41,43-44,46-50H,3-9,11,13-16,19-26,28,30-31H2,1-2H3,(H,42,45)(H,51,52)/b12-10+,18-17-,29-27+. The second-order valence-electron chi connectivity index (χ2n) is 15.0. The molecule has 1 aliphatic carbocycles. The van der Waals surface area contributed by atoms with Crippen LogP contribution < -0.4 is 5.32 Å². The average Bonchev–Trinajstić information content (AvgIpc) is 3.15. The van der Waals surface area contributed by atoms with Crippen molar-refractivity contribution in [3.05, 3.63) is 36.5 Å². The number of hydrogen-bond acceptors (Lipinski definition) is 11. The van der Waals surface area contributed by atoms with Crippen molar-refractivity contribution in [2.24, 2.45) is 0 Å². The van der Waals surface area contributed by atoms with E-state index in [1.807, 2.05) is 6.08 Å². The first-order valence-electron chi connectivity index (χ1n) is 21.0. The molecule has 0 spiro atoms. The molecular weight excluding hydrogens is 729 g/mol.